The summed E-state index contributed by atoms with van der Waals surface area (Å²) in [6.07, 6.45) is 10.2. The second-order valence-corrected chi connectivity index (χ2v) is 11.9. The molecule has 3 aliphatic rings. The van der Waals surface area contributed by atoms with Crippen LogP contribution in [-0.2, 0) is 17.8 Å². The second kappa shape index (κ2) is 9.82. The summed E-state index contributed by atoms with van der Waals surface area (Å²) in [5, 5.41) is 14.6. The molecular weight excluding hydrogens is 517 g/mol. The number of nitrogens with one attached hydrogen (secondary N) is 1. The number of aromatic hydroxyl groups is 1. The number of phenols is 1. The normalized spacial score (nSPS) is 21.9. The Hall–Kier alpha value is -2.39. The highest BCUT2D eigenvalue weighted by molar-refractivity contribution is 7.19. The number of anilines is 2. The number of thiophene rings is 1. The van der Waals surface area contributed by atoms with Gasteiger partial charge in [0, 0.05) is 48.9 Å². The summed E-state index contributed by atoms with van der Waals surface area (Å²) in [4.78, 5) is 28.3. The minimum atomic E-state index is -0.0980. The Morgan fingerprint density at radius 3 is 2.81 bits per heavy atom. The first-order valence-corrected chi connectivity index (χ1v) is 13.9. The fraction of sp³-hybridized carbons (Fsp3) is 0.423. The summed E-state index contributed by atoms with van der Waals surface area (Å²) < 4.78 is 0. The van der Waals surface area contributed by atoms with Gasteiger partial charge < -0.3 is 15.3 Å². The number of benzene rings is 1. The van der Waals surface area contributed by atoms with Crippen LogP contribution in [0.2, 0.25) is 10.0 Å². The standard InChI is InChI=1S/C26H27Cl2N5O2S/c27-19-9-17(10-20(34)24(19)28)31-25-23-18-5-7-33(13-21(18)36-26(23)30-14-29-25)22(35)2-1-6-32-11-15-3-4-16(8-15)12-32/h1-2,9-10,14-16,34H,3-8,11-13H2,(H,29,30,31)/b2-1+. The van der Waals surface area contributed by atoms with Crippen LogP contribution < -0.4 is 5.32 Å². The molecule has 2 aliphatic heterocycles. The molecule has 1 saturated heterocycles. The van der Waals surface area contributed by atoms with Crippen molar-refractivity contribution < 1.29 is 9.90 Å². The molecule has 3 aromatic rings. The summed E-state index contributed by atoms with van der Waals surface area (Å²) in [5.74, 6) is 2.32. The van der Waals surface area contributed by atoms with Crippen LogP contribution in [0, 0.1) is 11.8 Å². The zero-order valence-electron chi connectivity index (χ0n) is 19.7. The number of carbonyl (C=O) groups excluding carboxylic acids is 1. The summed E-state index contributed by atoms with van der Waals surface area (Å²) in [6.45, 7) is 4.42. The quantitative estimate of drug-likeness (QED) is 0.406. The molecule has 1 amide bonds. The highest BCUT2D eigenvalue weighted by atomic mass is 35.5. The zero-order chi connectivity index (χ0) is 24.8. The lowest BCUT2D eigenvalue weighted by Crippen LogP contribution is -2.37. The zero-order valence-corrected chi connectivity index (χ0v) is 22.0. The molecule has 2 unspecified atom stereocenters. The molecule has 0 radical (unpaired) electrons. The molecule has 1 aliphatic carbocycles. The maximum Gasteiger partial charge on any atom is 0.246 e. The van der Waals surface area contributed by atoms with Crippen molar-refractivity contribution in [1.29, 1.82) is 0 Å². The van der Waals surface area contributed by atoms with E-state index in [1.54, 1.807) is 23.5 Å². The summed E-state index contributed by atoms with van der Waals surface area (Å²) in [7, 11) is 0. The minimum Gasteiger partial charge on any atom is -0.506 e. The largest absolute Gasteiger partial charge is 0.506 e. The third kappa shape index (κ3) is 4.67. The van der Waals surface area contributed by atoms with E-state index in [-0.39, 0.29) is 21.7 Å². The number of nitrogens with zero attached hydrogens (tertiary/aromatic N) is 4. The first kappa shape index (κ1) is 24.0. The predicted octanol–water partition coefficient (Wildman–Crippen LogP) is 5.62. The van der Waals surface area contributed by atoms with Crippen LogP contribution in [-0.4, -0.2) is 57.0 Å². The fourth-order valence-electron chi connectivity index (χ4n) is 5.87. The van der Waals surface area contributed by atoms with E-state index in [9.17, 15) is 9.90 Å². The number of amides is 1. The SMILES string of the molecule is O=C(/C=C/CN1CC2CCC(C2)C1)N1CCc2c(sc3ncnc(Nc4cc(O)c(Cl)c(Cl)c4)c23)C1. The van der Waals surface area contributed by atoms with Crippen LogP contribution >= 0.6 is 34.5 Å². The van der Waals surface area contributed by atoms with Gasteiger partial charge in [-0.1, -0.05) is 29.3 Å². The summed E-state index contributed by atoms with van der Waals surface area (Å²) in [6, 6.07) is 3.17. The highest BCUT2D eigenvalue weighted by Crippen LogP contribution is 2.40. The number of likely N-dealkylation sites (tertiary alicyclic amines) is 1. The van der Waals surface area contributed by atoms with Crippen molar-refractivity contribution in [3.63, 3.8) is 0 Å². The van der Waals surface area contributed by atoms with Gasteiger partial charge in [-0.3, -0.25) is 9.69 Å². The third-order valence-corrected chi connectivity index (χ3v) is 9.44. The van der Waals surface area contributed by atoms with E-state index in [0.717, 1.165) is 39.9 Å². The first-order chi connectivity index (χ1) is 17.4. The minimum absolute atomic E-state index is 0.0637. The number of rotatable bonds is 5. The highest BCUT2D eigenvalue weighted by Gasteiger charge is 2.32. The lowest BCUT2D eigenvalue weighted by Gasteiger charge is -2.30. The Morgan fingerprint density at radius 2 is 2.03 bits per heavy atom. The molecule has 6 rings (SSSR count). The van der Waals surface area contributed by atoms with E-state index in [1.807, 2.05) is 11.0 Å². The number of aromatic nitrogens is 2. The van der Waals surface area contributed by atoms with Gasteiger partial charge in [0.25, 0.3) is 0 Å². The summed E-state index contributed by atoms with van der Waals surface area (Å²) >= 11 is 13.7. The van der Waals surface area contributed by atoms with Crippen LogP contribution in [0.25, 0.3) is 10.2 Å². The van der Waals surface area contributed by atoms with E-state index >= 15 is 0 Å². The van der Waals surface area contributed by atoms with Crippen molar-refractivity contribution in [2.75, 3.05) is 31.5 Å². The van der Waals surface area contributed by atoms with E-state index in [1.165, 1.54) is 50.3 Å². The fourth-order valence-corrected chi connectivity index (χ4v) is 7.39. The van der Waals surface area contributed by atoms with E-state index in [4.69, 9.17) is 23.2 Å². The van der Waals surface area contributed by atoms with Crippen LogP contribution in [0.15, 0.2) is 30.6 Å². The molecule has 2 fully saturated rings. The van der Waals surface area contributed by atoms with E-state index in [2.05, 4.69) is 20.2 Å². The predicted molar refractivity (Wildman–Crippen MR) is 144 cm³/mol. The van der Waals surface area contributed by atoms with E-state index < -0.39 is 0 Å². The molecule has 1 aromatic carbocycles. The molecule has 1 saturated carbocycles. The van der Waals surface area contributed by atoms with Gasteiger partial charge in [0.1, 0.15) is 27.7 Å². The van der Waals surface area contributed by atoms with Crippen molar-refractivity contribution in [3.05, 3.63) is 51.1 Å². The Bertz CT molecular complexity index is 1320. The van der Waals surface area contributed by atoms with Gasteiger partial charge in [-0.2, -0.15) is 0 Å². The van der Waals surface area contributed by atoms with Crippen molar-refractivity contribution in [2.45, 2.75) is 32.2 Å². The van der Waals surface area contributed by atoms with Crippen molar-refractivity contribution in [1.82, 2.24) is 19.8 Å². The van der Waals surface area contributed by atoms with Crippen LogP contribution in [0.4, 0.5) is 11.5 Å². The molecule has 2 N–H and O–H groups in total. The molecule has 10 heteroatoms. The Kier molecular flexibility index (Phi) is 6.54. The topological polar surface area (TPSA) is 81.6 Å². The molecular formula is C26H27Cl2N5O2S. The van der Waals surface area contributed by atoms with Crippen molar-refractivity contribution in [2.24, 2.45) is 11.8 Å². The van der Waals surface area contributed by atoms with Crippen molar-refractivity contribution in [3.8, 4) is 5.75 Å². The molecule has 188 valence electrons. The molecule has 2 atom stereocenters. The van der Waals surface area contributed by atoms with Gasteiger partial charge in [-0.15, -0.1) is 11.3 Å². The molecule has 0 spiro atoms. The van der Waals surface area contributed by atoms with E-state index in [0.29, 0.717) is 24.6 Å². The van der Waals surface area contributed by atoms with Gasteiger partial charge >= 0.3 is 0 Å². The van der Waals surface area contributed by atoms with Crippen LogP contribution in [0.3, 0.4) is 0 Å². The third-order valence-electron chi connectivity index (χ3n) is 7.53. The Balaban J connectivity index is 1.16. The molecule has 2 bridgehead atoms. The van der Waals surface area contributed by atoms with Gasteiger partial charge in [-0.25, -0.2) is 9.97 Å². The number of carbonyl (C=O) groups is 1. The first-order valence-electron chi connectivity index (χ1n) is 12.3. The molecule has 2 aromatic heterocycles. The smallest absolute Gasteiger partial charge is 0.246 e. The number of phenolic OH excluding ortho intramolecular Hbond substituents is 1. The maximum atomic E-state index is 12.9. The van der Waals surface area contributed by atoms with Crippen LogP contribution in [0.1, 0.15) is 29.7 Å². The number of hydrogen-bond acceptors (Lipinski definition) is 7. The molecule has 36 heavy (non-hydrogen) atoms. The monoisotopic (exact) mass is 543 g/mol. The lowest BCUT2D eigenvalue weighted by atomic mass is 9.99. The van der Waals surface area contributed by atoms with Gasteiger partial charge in [0.15, 0.2) is 0 Å². The maximum absolute atomic E-state index is 12.9. The second-order valence-electron chi connectivity index (χ2n) is 10.00. The van der Waals surface area contributed by atoms with Crippen molar-refractivity contribution >= 4 is 62.2 Å². The Morgan fingerprint density at radius 1 is 1.22 bits per heavy atom. The number of halogens is 2. The number of piperidine rings is 1. The lowest BCUT2D eigenvalue weighted by molar-refractivity contribution is -0.126. The Labute approximate surface area is 223 Å². The van der Waals surface area contributed by atoms with Gasteiger partial charge in [-0.05, 0) is 49.1 Å². The molecule has 4 heterocycles. The number of hydrogen-bond donors (Lipinski definition) is 2. The van der Waals surface area contributed by atoms with Gasteiger partial charge in [0.2, 0.25) is 5.91 Å². The average Bonchev–Trinajstić information content (AvgIpc) is 3.41. The summed E-state index contributed by atoms with van der Waals surface area (Å²) in [5.41, 5.74) is 1.75. The number of fused-ring (bicyclic) bond motifs is 5. The van der Waals surface area contributed by atoms with Gasteiger partial charge in [0.05, 0.1) is 17.0 Å². The van der Waals surface area contributed by atoms with Crippen LogP contribution in [0.5, 0.6) is 5.75 Å². The molecule has 7 nitrogen and oxygen atoms in total. The average molecular weight is 545 g/mol.